The number of hydrogen-bond donors (Lipinski definition) is 2. The summed E-state index contributed by atoms with van der Waals surface area (Å²) in [7, 11) is 0. The summed E-state index contributed by atoms with van der Waals surface area (Å²) < 4.78 is 0. The Morgan fingerprint density at radius 3 is 2.54 bits per heavy atom. The van der Waals surface area contributed by atoms with Gasteiger partial charge in [-0.15, -0.1) is 0 Å². The van der Waals surface area contributed by atoms with Gasteiger partial charge in [0.05, 0.1) is 6.54 Å². The van der Waals surface area contributed by atoms with E-state index in [1.54, 1.807) is 0 Å². The standard InChI is InChI=1S/C19H30N4S/c1-2-20-19(22-17-5-3-4-6-17)21-15-16-7-9-18(10-8-16)23-11-13-24-14-12-23/h7-10,17H,2-6,11-15H2,1H3,(H2,20,21,22). The Labute approximate surface area is 150 Å². The van der Waals surface area contributed by atoms with E-state index in [0.29, 0.717) is 6.04 Å². The molecule has 24 heavy (non-hydrogen) atoms. The van der Waals surface area contributed by atoms with Crippen LogP contribution in [0.25, 0.3) is 0 Å². The van der Waals surface area contributed by atoms with E-state index in [-0.39, 0.29) is 0 Å². The normalized spacial score (nSPS) is 19.5. The van der Waals surface area contributed by atoms with Gasteiger partial charge in [0.2, 0.25) is 0 Å². The fourth-order valence-corrected chi connectivity index (χ4v) is 4.29. The maximum atomic E-state index is 4.77. The lowest BCUT2D eigenvalue weighted by Gasteiger charge is -2.28. The molecular weight excluding hydrogens is 316 g/mol. The summed E-state index contributed by atoms with van der Waals surface area (Å²) in [6, 6.07) is 9.54. The van der Waals surface area contributed by atoms with Crippen molar-refractivity contribution in [1.82, 2.24) is 10.6 Å². The van der Waals surface area contributed by atoms with Crippen LogP contribution in [0.2, 0.25) is 0 Å². The van der Waals surface area contributed by atoms with E-state index in [2.05, 4.69) is 58.5 Å². The second-order valence-electron chi connectivity index (χ2n) is 6.59. The molecule has 5 heteroatoms. The number of hydrogen-bond acceptors (Lipinski definition) is 3. The highest BCUT2D eigenvalue weighted by Gasteiger charge is 2.15. The summed E-state index contributed by atoms with van der Waals surface area (Å²) in [4.78, 5) is 7.25. The van der Waals surface area contributed by atoms with E-state index in [9.17, 15) is 0 Å². The van der Waals surface area contributed by atoms with Crippen LogP contribution in [-0.4, -0.2) is 43.1 Å². The van der Waals surface area contributed by atoms with Gasteiger partial charge in [0.15, 0.2) is 5.96 Å². The predicted molar refractivity (Wildman–Crippen MR) is 106 cm³/mol. The average Bonchev–Trinajstić information content (AvgIpc) is 3.14. The molecule has 1 saturated heterocycles. The molecule has 132 valence electrons. The molecule has 0 unspecified atom stereocenters. The number of rotatable bonds is 5. The van der Waals surface area contributed by atoms with Crippen LogP contribution in [0.15, 0.2) is 29.3 Å². The highest BCUT2D eigenvalue weighted by molar-refractivity contribution is 7.99. The monoisotopic (exact) mass is 346 g/mol. The fourth-order valence-electron chi connectivity index (χ4n) is 3.39. The van der Waals surface area contributed by atoms with Crippen LogP contribution in [0.1, 0.15) is 38.2 Å². The summed E-state index contributed by atoms with van der Waals surface area (Å²) in [5.74, 6) is 3.44. The van der Waals surface area contributed by atoms with Crippen molar-refractivity contribution in [3.05, 3.63) is 29.8 Å². The maximum absolute atomic E-state index is 4.77. The minimum absolute atomic E-state index is 0.599. The number of anilines is 1. The average molecular weight is 347 g/mol. The molecule has 1 heterocycles. The first kappa shape index (κ1) is 17.5. The maximum Gasteiger partial charge on any atom is 0.191 e. The van der Waals surface area contributed by atoms with Gasteiger partial charge < -0.3 is 15.5 Å². The molecule has 0 amide bonds. The van der Waals surface area contributed by atoms with Gasteiger partial charge in [0.25, 0.3) is 0 Å². The molecule has 0 spiro atoms. The van der Waals surface area contributed by atoms with Crippen molar-refractivity contribution in [2.45, 2.75) is 45.2 Å². The predicted octanol–water partition coefficient (Wildman–Crippen LogP) is 3.24. The number of thioether (sulfide) groups is 1. The van der Waals surface area contributed by atoms with Crippen LogP contribution < -0.4 is 15.5 Å². The van der Waals surface area contributed by atoms with Crippen molar-refractivity contribution in [3.8, 4) is 0 Å². The van der Waals surface area contributed by atoms with Gasteiger partial charge in [-0.2, -0.15) is 11.8 Å². The van der Waals surface area contributed by atoms with E-state index in [0.717, 1.165) is 32.1 Å². The lowest BCUT2D eigenvalue weighted by molar-refractivity contribution is 0.614. The third kappa shape index (κ3) is 5.07. The van der Waals surface area contributed by atoms with Crippen LogP contribution in [0.5, 0.6) is 0 Å². The van der Waals surface area contributed by atoms with Gasteiger partial charge in [-0.1, -0.05) is 25.0 Å². The Hall–Kier alpha value is -1.36. The van der Waals surface area contributed by atoms with Crippen molar-refractivity contribution < 1.29 is 0 Å². The quantitative estimate of drug-likeness (QED) is 0.634. The van der Waals surface area contributed by atoms with Gasteiger partial charge in [-0.3, -0.25) is 0 Å². The molecule has 3 rings (SSSR count). The topological polar surface area (TPSA) is 39.7 Å². The minimum atomic E-state index is 0.599. The number of nitrogens with zero attached hydrogens (tertiary/aromatic N) is 2. The highest BCUT2D eigenvalue weighted by Crippen LogP contribution is 2.20. The molecule has 0 atom stereocenters. The van der Waals surface area contributed by atoms with E-state index in [1.807, 2.05) is 0 Å². The van der Waals surface area contributed by atoms with E-state index < -0.39 is 0 Å². The Kier molecular flexibility index (Phi) is 6.70. The summed E-state index contributed by atoms with van der Waals surface area (Å²) in [5, 5.41) is 6.95. The van der Waals surface area contributed by atoms with Crippen LogP contribution >= 0.6 is 11.8 Å². The molecule has 0 radical (unpaired) electrons. The van der Waals surface area contributed by atoms with Crippen molar-refractivity contribution >= 4 is 23.4 Å². The zero-order chi connectivity index (χ0) is 16.6. The van der Waals surface area contributed by atoms with E-state index >= 15 is 0 Å². The molecule has 0 aromatic heterocycles. The number of nitrogens with one attached hydrogen (secondary N) is 2. The van der Waals surface area contributed by atoms with Gasteiger partial charge >= 0.3 is 0 Å². The second-order valence-corrected chi connectivity index (χ2v) is 7.81. The van der Waals surface area contributed by atoms with Crippen LogP contribution in [0, 0.1) is 0 Å². The zero-order valence-corrected chi connectivity index (χ0v) is 15.6. The lowest BCUT2D eigenvalue weighted by atomic mass is 10.2. The summed E-state index contributed by atoms with van der Waals surface area (Å²) >= 11 is 2.05. The molecule has 4 nitrogen and oxygen atoms in total. The first-order valence-corrected chi connectivity index (χ1v) is 10.5. The van der Waals surface area contributed by atoms with Crippen molar-refractivity contribution in [2.24, 2.45) is 4.99 Å². The molecule has 2 aliphatic rings. The van der Waals surface area contributed by atoms with E-state index in [4.69, 9.17) is 4.99 Å². The second kappa shape index (κ2) is 9.21. The number of benzene rings is 1. The molecule has 1 aromatic rings. The number of guanidine groups is 1. The summed E-state index contributed by atoms with van der Waals surface area (Å²) in [5.41, 5.74) is 2.62. The van der Waals surface area contributed by atoms with Crippen molar-refractivity contribution in [1.29, 1.82) is 0 Å². The van der Waals surface area contributed by atoms with Crippen LogP contribution in [-0.2, 0) is 6.54 Å². The third-order valence-corrected chi connectivity index (χ3v) is 5.72. The third-order valence-electron chi connectivity index (χ3n) is 4.77. The van der Waals surface area contributed by atoms with Crippen LogP contribution in [0.4, 0.5) is 5.69 Å². The van der Waals surface area contributed by atoms with E-state index in [1.165, 1.54) is 48.4 Å². The summed E-state index contributed by atoms with van der Waals surface area (Å²) in [6.07, 6.45) is 5.22. The largest absolute Gasteiger partial charge is 0.370 e. The Morgan fingerprint density at radius 1 is 1.17 bits per heavy atom. The van der Waals surface area contributed by atoms with Gasteiger partial charge in [-0.25, -0.2) is 4.99 Å². The molecule has 1 saturated carbocycles. The Balaban J connectivity index is 1.56. The molecule has 2 N–H and O–H groups in total. The zero-order valence-electron chi connectivity index (χ0n) is 14.8. The molecular formula is C19H30N4S. The molecule has 1 aliphatic carbocycles. The van der Waals surface area contributed by atoms with Crippen molar-refractivity contribution in [3.63, 3.8) is 0 Å². The molecule has 1 aromatic carbocycles. The molecule has 1 aliphatic heterocycles. The Morgan fingerprint density at radius 2 is 1.88 bits per heavy atom. The minimum Gasteiger partial charge on any atom is -0.370 e. The molecule has 2 fully saturated rings. The first-order valence-electron chi connectivity index (χ1n) is 9.31. The first-order chi connectivity index (χ1) is 11.8. The molecule has 0 bridgehead atoms. The highest BCUT2D eigenvalue weighted by atomic mass is 32.2. The fraction of sp³-hybridized carbons (Fsp3) is 0.632. The smallest absolute Gasteiger partial charge is 0.191 e. The summed E-state index contributed by atoms with van der Waals surface area (Å²) in [6.45, 7) is 6.09. The lowest BCUT2D eigenvalue weighted by Crippen LogP contribution is -2.42. The van der Waals surface area contributed by atoms with Crippen LogP contribution in [0.3, 0.4) is 0 Å². The SMILES string of the molecule is CCNC(=NCc1ccc(N2CCSCC2)cc1)NC1CCCC1. The number of aliphatic imine (C=N–C) groups is 1. The Bertz CT molecular complexity index is 517. The van der Waals surface area contributed by atoms with Gasteiger partial charge in [0.1, 0.15) is 0 Å². The van der Waals surface area contributed by atoms with Gasteiger partial charge in [-0.05, 0) is 37.5 Å². The van der Waals surface area contributed by atoms with Crippen molar-refractivity contribution in [2.75, 3.05) is 36.0 Å². The van der Waals surface area contributed by atoms with Gasteiger partial charge in [0, 0.05) is 42.9 Å².